The number of nitrogens with zero attached hydrogens (tertiary/aromatic N) is 1. The van der Waals surface area contributed by atoms with E-state index in [1.165, 1.54) is 16.8 Å². The molecule has 64 valence electrons. The van der Waals surface area contributed by atoms with Crippen LogP contribution in [0.5, 0.6) is 0 Å². The van der Waals surface area contributed by atoms with Gasteiger partial charge in [0.05, 0.1) is 11.4 Å². The van der Waals surface area contributed by atoms with Gasteiger partial charge in [-0.25, -0.2) is 0 Å². The SMILES string of the molecule is CNc1c(C)ncc2c1CNC2. The van der Waals surface area contributed by atoms with E-state index in [4.69, 9.17) is 0 Å². The molecule has 1 aliphatic heterocycles. The average Bonchev–Trinajstić information content (AvgIpc) is 2.52. The van der Waals surface area contributed by atoms with Crippen LogP contribution in [0, 0.1) is 6.92 Å². The zero-order chi connectivity index (χ0) is 8.55. The van der Waals surface area contributed by atoms with E-state index in [-0.39, 0.29) is 0 Å². The van der Waals surface area contributed by atoms with E-state index in [2.05, 4.69) is 15.6 Å². The molecule has 12 heavy (non-hydrogen) atoms. The summed E-state index contributed by atoms with van der Waals surface area (Å²) in [6, 6.07) is 0. The van der Waals surface area contributed by atoms with Crippen LogP contribution in [-0.4, -0.2) is 12.0 Å². The van der Waals surface area contributed by atoms with Crippen molar-refractivity contribution in [2.75, 3.05) is 12.4 Å². The second kappa shape index (κ2) is 2.75. The molecule has 2 N–H and O–H groups in total. The molecule has 2 heterocycles. The summed E-state index contributed by atoms with van der Waals surface area (Å²) in [7, 11) is 1.95. The van der Waals surface area contributed by atoms with Crippen LogP contribution in [0.2, 0.25) is 0 Å². The largest absolute Gasteiger partial charge is 0.386 e. The smallest absolute Gasteiger partial charge is 0.0607 e. The Kier molecular flexibility index (Phi) is 1.73. The Balaban J connectivity index is 2.57. The highest BCUT2D eigenvalue weighted by atomic mass is 14.9. The number of nitrogens with one attached hydrogen (secondary N) is 2. The number of aryl methyl sites for hydroxylation is 1. The Labute approximate surface area is 72.2 Å². The number of aromatic nitrogens is 1. The summed E-state index contributed by atoms with van der Waals surface area (Å²) in [5, 5.41) is 6.50. The number of hydrogen-bond donors (Lipinski definition) is 2. The summed E-state index contributed by atoms with van der Waals surface area (Å²) in [4.78, 5) is 4.32. The first-order valence-electron chi connectivity index (χ1n) is 4.18. The van der Waals surface area contributed by atoms with Gasteiger partial charge in [-0.05, 0) is 18.1 Å². The van der Waals surface area contributed by atoms with Gasteiger partial charge < -0.3 is 10.6 Å². The predicted molar refractivity (Wildman–Crippen MR) is 49.1 cm³/mol. The van der Waals surface area contributed by atoms with E-state index in [9.17, 15) is 0 Å². The molecule has 0 fully saturated rings. The normalized spacial score (nSPS) is 14.5. The van der Waals surface area contributed by atoms with E-state index >= 15 is 0 Å². The minimum Gasteiger partial charge on any atom is -0.386 e. The number of fused-ring (bicyclic) bond motifs is 1. The number of hydrogen-bond acceptors (Lipinski definition) is 3. The van der Waals surface area contributed by atoms with Gasteiger partial charge in [0.2, 0.25) is 0 Å². The Morgan fingerprint density at radius 1 is 1.50 bits per heavy atom. The third kappa shape index (κ3) is 0.975. The summed E-state index contributed by atoms with van der Waals surface area (Å²) in [5.74, 6) is 0. The maximum absolute atomic E-state index is 4.32. The van der Waals surface area contributed by atoms with Gasteiger partial charge in [-0.2, -0.15) is 0 Å². The summed E-state index contributed by atoms with van der Waals surface area (Å²) in [6.45, 7) is 3.95. The van der Waals surface area contributed by atoms with E-state index in [1.54, 1.807) is 0 Å². The fourth-order valence-electron chi connectivity index (χ4n) is 1.70. The van der Waals surface area contributed by atoms with E-state index in [0.29, 0.717) is 0 Å². The Bertz CT molecular complexity index is 307. The highest BCUT2D eigenvalue weighted by molar-refractivity contribution is 5.57. The first-order chi connectivity index (χ1) is 5.83. The second-order valence-corrected chi connectivity index (χ2v) is 3.08. The Hall–Kier alpha value is -1.09. The number of pyridine rings is 1. The molecular weight excluding hydrogens is 150 g/mol. The fraction of sp³-hybridized carbons (Fsp3) is 0.444. The lowest BCUT2D eigenvalue weighted by Gasteiger charge is -2.08. The molecule has 0 radical (unpaired) electrons. The third-order valence-electron chi connectivity index (χ3n) is 2.33. The lowest BCUT2D eigenvalue weighted by molar-refractivity contribution is 0.764. The maximum atomic E-state index is 4.32. The van der Waals surface area contributed by atoms with Crippen LogP contribution in [0.4, 0.5) is 5.69 Å². The highest BCUT2D eigenvalue weighted by Crippen LogP contribution is 2.25. The quantitative estimate of drug-likeness (QED) is 0.649. The van der Waals surface area contributed by atoms with Crippen molar-refractivity contribution in [2.24, 2.45) is 0 Å². The van der Waals surface area contributed by atoms with Gasteiger partial charge in [0.1, 0.15) is 0 Å². The minimum atomic E-state index is 0.956. The van der Waals surface area contributed by atoms with Crippen LogP contribution < -0.4 is 10.6 Å². The van der Waals surface area contributed by atoms with Gasteiger partial charge in [0, 0.05) is 26.3 Å². The molecule has 0 amide bonds. The van der Waals surface area contributed by atoms with Crippen LogP contribution in [0.1, 0.15) is 16.8 Å². The average molecular weight is 163 g/mol. The zero-order valence-electron chi connectivity index (χ0n) is 7.44. The van der Waals surface area contributed by atoms with E-state index < -0.39 is 0 Å². The van der Waals surface area contributed by atoms with Crippen LogP contribution in [0.15, 0.2) is 6.20 Å². The molecule has 0 unspecified atom stereocenters. The van der Waals surface area contributed by atoms with Crippen molar-refractivity contribution in [1.29, 1.82) is 0 Å². The van der Waals surface area contributed by atoms with Gasteiger partial charge >= 0.3 is 0 Å². The molecular formula is C9H13N3. The van der Waals surface area contributed by atoms with Gasteiger partial charge in [-0.3, -0.25) is 4.98 Å². The number of rotatable bonds is 1. The molecule has 0 saturated carbocycles. The molecule has 1 aromatic heterocycles. The third-order valence-corrected chi connectivity index (χ3v) is 2.33. The molecule has 3 heteroatoms. The van der Waals surface area contributed by atoms with Crippen molar-refractivity contribution in [1.82, 2.24) is 10.3 Å². The maximum Gasteiger partial charge on any atom is 0.0607 e. The molecule has 2 rings (SSSR count). The second-order valence-electron chi connectivity index (χ2n) is 3.08. The van der Waals surface area contributed by atoms with Crippen molar-refractivity contribution in [3.05, 3.63) is 23.0 Å². The first kappa shape index (κ1) is 7.55. The topological polar surface area (TPSA) is 37.0 Å². The first-order valence-corrected chi connectivity index (χ1v) is 4.18. The zero-order valence-corrected chi connectivity index (χ0v) is 7.44. The molecule has 0 saturated heterocycles. The van der Waals surface area contributed by atoms with Crippen molar-refractivity contribution in [3.63, 3.8) is 0 Å². The van der Waals surface area contributed by atoms with Gasteiger partial charge in [0.15, 0.2) is 0 Å². The lowest BCUT2D eigenvalue weighted by Crippen LogP contribution is -2.02. The van der Waals surface area contributed by atoms with Gasteiger partial charge in [-0.1, -0.05) is 0 Å². The van der Waals surface area contributed by atoms with Crippen molar-refractivity contribution in [2.45, 2.75) is 20.0 Å². The molecule has 0 aliphatic carbocycles. The van der Waals surface area contributed by atoms with Crippen LogP contribution in [0.3, 0.4) is 0 Å². The molecule has 0 aromatic carbocycles. The van der Waals surface area contributed by atoms with Gasteiger partial charge in [0.25, 0.3) is 0 Å². The van der Waals surface area contributed by atoms with Crippen LogP contribution in [-0.2, 0) is 13.1 Å². The fourth-order valence-corrected chi connectivity index (χ4v) is 1.70. The van der Waals surface area contributed by atoms with Crippen molar-refractivity contribution < 1.29 is 0 Å². The van der Waals surface area contributed by atoms with Crippen molar-refractivity contribution >= 4 is 5.69 Å². The monoisotopic (exact) mass is 163 g/mol. The summed E-state index contributed by atoms with van der Waals surface area (Å²) in [5.41, 5.74) is 4.98. The molecule has 1 aliphatic rings. The highest BCUT2D eigenvalue weighted by Gasteiger charge is 2.15. The molecule has 3 nitrogen and oxygen atoms in total. The summed E-state index contributed by atoms with van der Waals surface area (Å²) < 4.78 is 0. The molecule has 0 spiro atoms. The van der Waals surface area contributed by atoms with Crippen LogP contribution >= 0.6 is 0 Å². The standard InChI is InChI=1S/C9H13N3/c1-6-9(10-2)8-5-11-3-7(8)4-12-6/h4,10-11H,3,5H2,1-2H3. The van der Waals surface area contributed by atoms with E-state index in [1.807, 2.05) is 20.2 Å². The van der Waals surface area contributed by atoms with Crippen LogP contribution in [0.25, 0.3) is 0 Å². The molecule has 0 atom stereocenters. The summed E-state index contributed by atoms with van der Waals surface area (Å²) >= 11 is 0. The van der Waals surface area contributed by atoms with Gasteiger partial charge in [-0.15, -0.1) is 0 Å². The minimum absolute atomic E-state index is 0.956. The summed E-state index contributed by atoms with van der Waals surface area (Å²) in [6.07, 6.45) is 1.96. The number of anilines is 1. The van der Waals surface area contributed by atoms with Crippen molar-refractivity contribution in [3.8, 4) is 0 Å². The Morgan fingerprint density at radius 2 is 2.33 bits per heavy atom. The lowest BCUT2D eigenvalue weighted by atomic mass is 10.1. The molecule has 0 bridgehead atoms. The predicted octanol–water partition coefficient (Wildman–Crippen LogP) is 1.03. The van der Waals surface area contributed by atoms with E-state index in [0.717, 1.165) is 18.8 Å². The molecule has 1 aromatic rings. The Morgan fingerprint density at radius 3 is 3.08 bits per heavy atom.